The Labute approximate surface area is 177 Å². The molecule has 2 aromatic heterocycles. The topological polar surface area (TPSA) is 67.8 Å². The number of nitrogens with zero attached hydrogens (tertiary/aromatic N) is 3. The molecular weight excluding hydrogens is 428 g/mol. The van der Waals surface area contributed by atoms with Crippen LogP contribution in [0.5, 0.6) is 0 Å². The average molecular weight is 445 g/mol. The third-order valence-corrected chi connectivity index (χ3v) is 5.05. The van der Waals surface area contributed by atoms with Crippen molar-refractivity contribution in [3.05, 3.63) is 94.9 Å². The van der Waals surface area contributed by atoms with Crippen LogP contribution in [-0.4, -0.2) is 20.9 Å². The van der Waals surface area contributed by atoms with Crippen molar-refractivity contribution in [2.45, 2.75) is 6.92 Å². The van der Waals surface area contributed by atoms with Crippen LogP contribution in [0.2, 0.25) is 0 Å². The Morgan fingerprint density at radius 3 is 2.45 bits per heavy atom. The Bertz CT molecular complexity index is 1160. The van der Waals surface area contributed by atoms with Crippen molar-refractivity contribution in [3.63, 3.8) is 0 Å². The molecule has 0 saturated heterocycles. The number of benzene rings is 2. The van der Waals surface area contributed by atoms with Crippen LogP contribution < -0.4 is 5.32 Å². The van der Waals surface area contributed by atoms with Crippen LogP contribution in [0.25, 0.3) is 22.6 Å². The van der Waals surface area contributed by atoms with Crippen LogP contribution in [0.3, 0.4) is 0 Å². The number of hydrogen-bond donors (Lipinski definition) is 1. The van der Waals surface area contributed by atoms with Gasteiger partial charge >= 0.3 is 0 Å². The van der Waals surface area contributed by atoms with E-state index in [9.17, 15) is 4.79 Å². The summed E-state index contributed by atoms with van der Waals surface area (Å²) < 4.78 is 0.818. The van der Waals surface area contributed by atoms with E-state index in [1.165, 1.54) is 0 Å². The van der Waals surface area contributed by atoms with Gasteiger partial charge in [-0.1, -0.05) is 36.4 Å². The largest absolute Gasteiger partial charge is 0.321 e. The zero-order valence-electron chi connectivity index (χ0n) is 15.6. The van der Waals surface area contributed by atoms with Gasteiger partial charge in [-0.3, -0.25) is 9.78 Å². The van der Waals surface area contributed by atoms with Crippen molar-refractivity contribution < 1.29 is 4.79 Å². The fourth-order valence-electron chi connectivity index (χ4n) is 2.92. The lowest BCUT2D eigenvalue weighted by atomic mass is 10.1. The van der Waals surface area contributed by atoms with Crippen molar-refractivity contribution in [1.29, 1.82) is 0 Å². The van der Waals surface area contributed by atoms with Gasteiger partial charge in [-0.05, 0) is 52.7 Å². The summed E-state index contributed by atoms with van der Waals surface area (Å²) in [6.07, 6.45) is 4.93. The molecule has 0 unspecified atom stereocenters. The molecule has 4 aromatic rings. The number of nitrogens with one attached hydrogen (secondary N) is 1. The first-order chi connectivity index (χ1) is 14.1. The second-order valence-corrected chi connectivity index (χ2v) is 7.35. The summed E-state index contributed by atoms with van der Waals surface area (Å²) in [4.78, 5) is 26.3. The van der Waals surface area contributed by atoms with E-state index in [2.05, 4.69) is 31.2 Å². The number of amides is 1. The van der Waals surface area contributed by atoms with E-state index >= 15 is 0 Å². The molecule has 5 nitrogen and oxygen atoms in total. The van der Waals surface area contributed by atoms with E-state index in [0.29, 0.717) is 22.8 Å². The molecule has 1 amide bonds. The normalized spacial score (nSPS) is 10.6. The molecule has 0 bridgehead atoms. The van der Waals surface area contributed by atoms with E-state index in [0.717, 1.165) is 21.2 Å². The molecule has 0 atom stereocenters. The highest BCUT2D eigenvalue weighted by atomic mass is 79.9. The molecule has 0 radical (unpaired) electrons. The van der Waals surface area contributed by atoms with Gasteiger partial charge in [-0.25, -0.2) is 9.97 Å². The van der Waals surface area contributed by atoms with Gasteiger partial charge in [0.25, 0.3) is 5.91 Å². The SMILES string of the molecule is Cc1ccc(NC(=O)c2cnc(-c3ccccc3)nc2-c2ccncc2)c(Br)c1. The van der Waals surface area contributed by atoms with Gasteiger partial charge in [0.1, 0.15) is 0 Å². The van der Waals surface area contributed by atoms with Gasteiger partial charge in [-0.2, -0.15) is 0 Å². The van der Waals surface area contributed by atoms with Crippen LogP contribution in [-0.2, 0) is 0 Å². The highest BCUT2D eigenvalue weighted by Crippen LogP contribution is 2.27. The summed E-state index contributed by atoms with van der Waals surface area (Å²) in [6, 6.07) is 19.1. The smallest absolute Gasteiger partial charge is 0.259 e. The Balaban J connectivity index is 1.77. The lowest BCUT2D eigenvalue weighted by Crippen LogP contribution is -2.15. The molecule has 2 aromatic carbocycles. The van der Waals surface area contributed by atoms with Crippen LogP contribution in [0.1, 0.15) is 15.9 Å². The van der Waals surface area contributed by atoms with Crippen LogP contribution in [0, 0.1) is 6.92 Å². The number of aromatic nitrogens is 3. The summed E-state index contributed by atoms with van der Waals surface area (Å²) in [5.74, 6) is 0.284. The molecule has 1 N–H and O–H groups in total. The molecule has 142 valence electrons. The maximum absolute atomic E-state index is 13.1. The van der Waals surface area contributed by atoms with E-state index in [4.69, 9.17) is 4.98 Å². The maximum Gasteiger partial charge on any atom is 0.259 e. The van der Waals surface area contributed by atoms with Gasteiger partial charge in [0.05, 0.1) is 16.9 Å². The molecule has 0 spiro atoms. The fraction of sp³-hybridized carbons (Fsp3) is 0.0435. The molecular formula is C23H17BrN4O. The first-order valence-corrected chi connectivity index (χ1v) is 9.81. The third-order valence-electron chi connectivity index (χ3n) is 4.39. The lowest BCUT2D eigenvalue weighted by Gasteiger charge is -2.12. The van der Waals surface area contributed by atoms with E-state index in [1.807, 2.05) is 67.6 Å². The second kappa shape index (κ2) is 8.32. The lowest BCUT2D eigenvalue weighted by molar-refractivity contribution is 0.102. The molecule has 6 heteroatoms. The van der Waals surface area contributed by atoms with Crippen molar-refractivity contribution >= 4 is 27.5 Å². The first kappa shape index (κ1) is 19.0. The minimum absolute atomic E-state index is 0.277. The number of anilines is 1. The summed E-state index contributed by atoms with van der Waals surface area (Å²) in [6.45, 7) is 1.99. The minimum atomic E-state index is -0.277. The van der Waals surface area contributed by atoms with Crippen molar-refractivity contribution in [2.24, 2.45) is 0 Å². The van der Waals surface area contributed by atoms with Crippen LogP contribution >= 0.6 is 15.9 Å². The van der Waals surface area contributed by atoms with Gasteiger partial charge in [0.15, 0.2) is 5.82 Å². The molecule has 0 aliphatic rings. The Kier molecular flexibility index (Phi) is 5.44. The minimum Gasteiger partial charge on any atom is -0.321 e. The number of hydrogen-bond acceptors (Lipinski definition) is 4. The first-order valence-electron chi connectivity index (χ1n) is 9.02. The predicted octanol–water partition coefficient (Wildman–Crippen LogP) is 5.53. The van der Waals surface area contributed by atoms with Crippen LogP contribution in [0.15, 0.2) is 83.7 Å². The van der Waals surface area contributed by atoms with Crippen molar-refractivity contribution in [3.8, 4) is 22.6 Å². The zero-order chi connectivity index (χ0) is 20.2. The van der Waals surface area contributed by atoms with Gasteiger partial charge < -0.3 is 5.32 Å². The standard InChI is InChI=1S/C23H17BrN4O/c1-15-7-8-20(19(24)13-15)27-23(29)18-14-26-22(17-5-3-2-4-6-17)28-21(18)16-9-11-25-12-10-16/h2-14H,1H3,(H,27,29). The number of rotatable bonds is 4. The number of carbonyl (C=O) groups is 1. The summed E-state index contributed by atoms with van der Waals surface area (Å²) in [5, 5.41) is 2.94. The zero-order valence-corrected chi connectivity index (χ0v) is 17.2. The number of halogens is 1. The van der Waals surface area contributed by atoms with E-state index < -0.39 is 0 Å². The third kappa shape index (κ3) is 4.22. The average Bonchev–Trinajstić information content (AvgIpc) is 2.76. The van der Waals surface area contributed by atoms with E-state index in [-0.39, 0.29) is 5.91 Å². The maximum atomic E-state index is 13.1. The fourth-order valence-corrected chi connectivity index (χ4v) is 3.51. The highest BCUT2D eigenvalue weighted by molar-refractivity contribution is 9.10. The predicted molar refractivity (Wildman–Crippen MR) is 118 cm³/mol. The van der Waals surface area contributed by atoms with Crippen molar-refractivity contribution in [1.82, 2.24) is 15.0 Å². The van der Waals surface area contributed by atoms with Gasteiger partial charge in [0.2, 0.25) is 0 Å². The molecule has 4 rings (SSSR count). The highest BCUT2D eigenvalue weighted by Gasteiger charge is 2.18. The molecule has 0 aliphatic carbocycles. The quantitative estimate of drug-likeness (QED) is 0.449. The molecule has 0 aliphatic heterocycles. The molecule has 0 saturated carbocycles. The van der Waals surface area contributed by atoms with Gasteiger partial charge in [-0.15, -0.1) is 0 Å². The van der Waals surface area contributed by atoms with Crippen LogP contribution in [0.4, 0.5) is 5.69 Å². The summed E-state index contributed by atoms with van der Waals surface area (Å²) >= 11 is 3.50. The molecule has 0 fully saturated rings. The Hall–Kier alpha value is -3.38. The Morgan fingerprint density at radius 2 is 1.72 bits per heavy atom. The second-order valence-electron chi connectivity index (χ2n) is 6.50. The number of aryl methyl sites for hydroxylation is 1. The molecule has 29 heavy (non-hydrogen) atoms. The number of carbonyl (C=O) groups excluding carboxylic acids is 1. The number of pyridine rings is 1. The molecule has 2 heterocycles. The Morgan fingerprint density at radius 1 is 0.966 bits per heavy atom. The van der Waals surface area contributed by atoms with Crippen molar-refractivity contribution in [2.75, 3.05) is 5.32 Å². The summed E-state index contributed by atoms with van der Waals surface area (Å²) in [5.41, 5.74) is 4.42. The summed E-state index contributed by atoms with van der Waals surface area (Å²) in [7, 11) is 0. The van der Waals surface area contributed by atoms with Gasteiger partial charge in [0, 0.05) is 34.2 Å². The monoisotopic (exact) mass is 444 g/mol. The van der Waals surface area contributed by atoms with E-state index in [1.54, 1.807) is 18.6 Å².